The van der Waals surface area contributed by atoms with E-state index in [1.54, 1.807) is 0 Å². The van der Waals surface area contributed by atoms with Crippen LogP contribution in [0, 0.1) is 18.8 Å². The summed E-state index contributed by atoms with van der Waals surface area (Å²) >= 11 is 0. The van der Waals surface area contributed by atoms with Gasteiger partial charge in [-0.3, -0.25) is 5.43 Å². The van der Waals surface area contributed by atoms with Gasteiger partial charge in [-0.15, -0.1) is 10.2 Å². The van der Waals surface area contributed by atoms with Gasteiger partial charge in [0, 0.05) is 24.4 Å². The van der Waals surface area contributed by atoms with E-state index in [4.69, 9.17) is 26.3 Å². The second-order valence-electron chi connectivity index (χ2n) is 10.5. The second-order valence-corrected chi connectivity index (χ2v) is 10.5. The van der Waals surface area contributed by atoms with Crippen LogP contribution < -0.4 is 21.8 Å². The highest BCUT2D eigenvalue weighted by atomic mass is 16.5. The lowest BCUT2D eigenvalue weighted by atomic mass is 9.63. The van der Waals surface area contributed by atoms with Gasteiger partial charge >= 0.3 is 0 Å². The van der Waals surface area contributed by atoms with Crippen molar-refractivity contribution in [3.8, 4) is 0 Å². The summed E-state index contributed by atoms with van der Waals surface area (Å²) in [6.07, 6.45) is 2.96. The summed E-state index contributed by atoms with van der Waals surface area (Å²) in [6.45, 7) is 6.89. The topological polar surface area (TPSA) is 139 Å². The zero-order valence-corrected chi connectivity index (χ0v) is 20.1. The molecule has 4 aliphatic rings. The number of nitrogens with zero attached hydrogens (tertiary/aromatic N) is 5. The molecule has 6 N–H and O–H groups in total. The van der Waals surface area contributed by atoms with Gasteiger partial charge in [0.2, 0.25) is 5.96 Å². The number of aryl methyl sites for hydroxylation is 1. The molecule has 3 aliphatic heterocycles. The number of benzene rings is 1. The number of nitrogens with two attached hydrogens (primary N) is 2. The number of aliphatic hydroxyl groups is 1. The average Bonchev–Trinajstić information content (AvgIpc) is 3.60. The number of aromatic nitrogens is 3. The van der Waals surface area contributed by atoms with E-state index in [1.807, 2.05) is 4.52 Å². The molecule has 2 aromatic heterocycles. The number of hydrazone groups is 1. The number of anilines is 1. The molecule has 3 saturated heterocycles. The highest BCUT2D eigenvalue weighted by Crippen LogP contribution is 2.59. The van der Waals surface area contributed by atoms with Crippen LogP contribution in [0.15, 0.2) is 47.7 Å². The van der Waals surface area contributed by atoms with Gasteiger partial charge in [0.05, 0.1) is 18.5 Å². The summed E-state index contributed by atoms with van der Waals surface area (Å²) in [5.74, 6) is 0.436. The first-order valence-corrected chi connectivity index (χ1v) is 12.1. The normalized spacial score (nSPS) is 30.3. The van der Waals surface area contributed by atoms with E-state index in [2.05, 4.69) is 71.9 Å². The quantitative estimate of drug-likeness (QED) is 0.180. The molecule has 4 unspecified atom stereocenters. The second kappa shape index (κ2) is 7.82. The van der Waals surface area contributed by atoms with Crippen LogP contribution in [0.25, 0.3) is 5.65 Å². The van der Waals surface area contributed by atoms with Gasteiger partial charge in [-0.05, 0) is 42.9 Å². The Balaban J connectivity index is 1.29. The Bertz CT molecular complexity index is 1290. The molecule has 5 atom stereocenters. The molecule has 1 saturated carbocycles. The van der Waals surface area contributed by atoms with Gasteiger partial charge in [0.1, 0.15) is 11.8 Å². The molecule has 35 heavy (non-hydrogen) atoms. The Hall–Kier alpha value is -3.37. The first-order valence-electron chi connectivity index (χ1n) is 12.1. The monoisotopic (exact) mass is 476 g/mol. The number of hydrogen-bond donors (Lipinski definition) is 4. The lowest BCUT2D eigenvalue weighted by Crippen LogP contribution is -2.55. The minimum Gasteiger partial charge on any atom is -0.372 e. The van der Waals surface area contributed by atoms with Gasteiger partial charge in [0.25, 0.3) is 0 Å². The van der Waals surface area contributed by atoms with E-state index < -0.39 is 11.8 Å². The molecular formula is C25H32N8O2. The molecule has 10 nitrogen and oxygen atoms in total. The standard InChI is InChI=1S/C25H32N8O2/c1-15-10-18(32-9-8-24(2,14-32)17-6-4-3-5-7-17)12-33-20(15)28-22(31-33)25-11-16(13-35-25)19(25)21(34)29-30-23(26)27/h3-7,10,12,16,19,21,29,34H,8-9,11,13-14H2,1-2H3,(H4,26,27,30)/t16?,19?,21?,24-,25?/m0/s1. The SMILES string of the molecule is Cc1cc(N2CC[C@](C)(c3ccccc3)C2)cn2nc(C34CC(CO3)C4C(O)NN=C(N)N)nc12. The fraction of sp³-hybridized carbons (Fsp3) is 0.480. The summed E-state index contributed by atoms with van der Waals surface area (Å²) in [6, 6.07) is 12.9. The fourth-order valence-electron chi connectivity index (χ4n) is 6.23. The molecule has 7 rings (SSSR count). The molecule has 1 aromatic carbocycles. The largest absolute Gasteiger partial charge is 0.372 e. The molecule has 184 valence electrons. The van der Waals surface area contributed by atoms with Crippen molar-refractivity contribution < 1.29 is 9.84 Å². The molecule has 4 fully saturated rings. The van der Waals surface area contributed by atoms with E-state index in [-0.39, 0.29) is 23.2 Å². The van der Waals surface area contributed by atoms with Crippen LogP contribution in [0.4, 0.5) is 5.69 Å². The molecule has 3 aromatic rings. The van der Waals surface area contributed by atoms with Crippen LogP contribution in [0.5, 0.6) is 0 Å². The number of pyridine rings is 1. The number of fused-ring (bicyclic) bond motifs is 2. The fourth-order valence-corrected chi connectivity index (χ4v) is 6.23. The van der Waals surface area contributed by atoms with Crippen molar-refractivity contribution in [3.05, 3.63) is 59.5 Å². The van der Waals surface area contributed by atoms with Crippen molar-refractivity contribution in [2.24, 2.45) is 28.4 Å². The minimum atomic E-state index is -0.957. The third-order valence-electron chi connectivity index (χ3n) is 8.12. The van der Waals surface area contributed by atoms with Crippen LogP contribution in [-0.4, -0.2) is 51.6 Å². The molecule has 0 spiro atoms. The molecule has 0 radical (unpaired) electrons. The highest BCUT2D eigenvalue weighted by molar-refractivity contribution is 5.75. The maximum atomic E-state index is 10.7. The zero-order valence-electron chi connectivity index (χ0n) is 20.1. The summed E-state index contributed by atoms with van der Waals surface area (Å²) in [7, 11) is 0. The van der Waals surface area contributed by atoms with Crippen LogP contribution in [-0.2, 0) is 15.8 Å². The predicted molar refractivity (Wildman–Crippen MR) is 133 cm³/mol. The maximum Gasteiger partial charge on any atom is 0.208 e. The van der Waals surface area contributed by atoms with E-state index in [9.17, 15) is 5.11 Å². The number of rotatable bonds is 6. The van der Waals surface area contributed by atoms with Gasteiger partial charge in [0.15, 0.2) is 11.5 Å². The molecule has 0 amide bonds. The summed E-state index contributed by atoms with van der Waals surface area (Å²) in [5, 5.41) is 19.3. The Morgan fingerprint density at radius 1 is 1.31 bits per heavy atom. The summed E-state index contributed by atoms with van der Waals surface area (Å²) in [5.41, 5.74) is 17.2. The molecule has 5 heterocycles. The Labute approximate surface area is 204 Å². The van der Waals surface area contributed by atoms with E-state index in [0.29, 0.717) is 12.4 Å². The lowest BCUT2D eigenvalue weighted by molar-refractivity contribution is -0.123. The van der Waals surface area contributed by atoms with Crippen molar-refractivity contribution >= 4 is 17.3 Å². The van der Waals surface area contributed by atoms with Crippen molar-refractivity contribution in [1.29, 1.82) is 0 Å². The molecule has 10 heteroatoms. The van der Waals surface area contributed by atoms with Crippen molar-refractivity contribution in [1.82, 2.24) is 20.0 Å². The van der Waals surface area contributed by atoms with E-state index >= 15 is 0 Å². The first-order chi connectivity index (χ1) is 16.8. The van der Waals surface area contributed by atoms with Gasteiger partial charge in [-0.1, -0.05) is 37.3 Å². The smallest absolute Gasteiger partial charge is 0.208 e. The van der Waals surface area contributed by atoms with Gasteiger partial charge in [-0.25, -0.2) is 9.50 Å². The van der Waals surface area contributed by atoms with Crippen LogP contribution >= 0.6 is 0 Å². The number of ether oxygens (including phenoxy) is 1. The number of nitrogens with one attached hydrogen (secondary N) is 1. The number of guanidine groups is 1. The Morgan fingerprint density at radius 3 is 2.86 bits per heavy atom. The van der Waals surface area contributed by atoms with Crippen LogP contribution in [0.3, 0.4) is 0 Å². The minimum absolute atomic E-state index is 0.112. The summed E-state index contributed by atoms with van der Waals surface area (Å²) < 4.78 is 8.01. The van der Waals surface area contributed by atoms with Crippen molar-refractivity contribution in [2.45, 2.75) is 43.9 Å². The maximum absolute atomic E-state index is 10.7. The first kappa shape index (κ1) is 22.1. The average molecular weight is 477 g/mol. The number of aliphatic hydroxyl groups excluding tert-OH is 1. The predicted octanol–water partition coefficient (Wildman–Crippen LogP) is 1.16. The lowest BCUT2D eigenvalue weighted by Gasteiger charge is -2.44. The van der Waals surface area contributed by atoms with E-state index in [0.717, 1.165) is 42.8 Å². The highest BCUT2D eigenvalue weighted by Gasteiger charge is 2.66. The van der Waals surface area contributed by atoms with Crippen LogP contribution in [0.2, 0.25) is 0 Å². The summed E-state index contributed by atoms with van der Waals surface area (Å²) in [4.78, 5) is 7.29. The Morgan fingerprint density at radius 2 is 2.11 bits per heavy atom. The third kappa shape index (κ3) is 3.42. The van der Waals surface area contributed by atoms with Gasteiger partial charge in [-0.2, -0.15) is 0 Å². The number of hydrogen-bond acceptors (Lipinski definition) is 7. The van der Waals surface area contributed by atoms with Crippen molar-refractivity contribution in [3.63, 3.8) is 0 Å². The Kier molecular flexibility index (Phi) is 4.94. The zero-order chi connectivity index (χ0) is 24.4. The van der Waals surface area contributed by atoms with Crippen LogP contribution in [0.1, 0.15) is 36.7 Å². The van der Waals surface area contributed by atoms with Gasteiger partial charge < -0.3 is 26.2 Å². The van der Waals surface area contributed by atoms with Crippen molar-refractivity contribution in [2.75, 3.05) is 24.6 Å². The molecular weight excluding hydrogens is 444 g/mol. The van der Waals surface area contributed by atoms with E-state index in [1.165, 1.54) is 5.56 Å². The third-order valence-corrected chi connectivity index (χ3v) is 8.12. The molecule has 1 aliphatic carbocycles. The molecule has 2 bridgehead atoms.